The molecule has 0 atom stereocenters. The van der Waals surface area contributed by atoms with Crippen molar-refractivity contribution < 1.29 is 0 Å². The van der Waals surface area contributed by atoms with E-state index in [-0.39, 0.29) is 0 Å². The lowest BCUT2D eigenvalue weighted by Gasteiger charge is -1.93. The van der Waals surface area contributed by atoms with Crippen molar-refractivity contribution in [2.45, 2.75) is 0 Å². The summed E-state index contributed by atoms with van der Waals surface area (Å²) >= 11 is 0. The molecule has 64 valence electrons. The summed E-state index contributed by atoms with van der Waals surface area (Å²) in [4.78, 5) is 8.54. The number of pyridine rings is 1. The van der Waals surface area contributed by atoms with Crippen LogP contribution >= 0.6 is 0 Å². The van der Waals surface area contributed by atoms with Crippen LogP contribution < -0.4 is 0 Å². The number of aromatic amines is 1. The molecule has 0 radical (unpaired) electrons. The van der Waals surface area contributed by atoms with Gasteiger partial charge in [0.15, 0.2) is 5.65 Å². The number of H-pyrrole nitrogens is 1. The van der Waals surface area contributed by atoms with Gasteiger partial charge in [-0.25, -0.2) is 9.97 Å². The van der Waals surface area contributed by atoms with E-state index in [1.54, 1.807) is 6.20 Å². The van der Waals surface area contributed by atoms with Crippen LogP contribution in [-0.4, -0.2) is 19.7 Å². The molecule has 3 aromatic rings. The van der Waals surface area contributed by atoms with Gasteiger partial charge in [0.05, 0.1) is 5.52 Å². The number of hydrogen-bond acceptors (Lipinski definition) is 2. The second-order valence-corrected chi connectivity index (χ2v) is 3.08. The van der Waals surface area contributed by atoms with Crippen LogP contribution in [0.25, 0.3) is 22.1 Å². The fourth-order valence-corrected chi connectivity index (χ4v) is 1.54. The Balaban J connectivity index is 2.59. The number of hydrogen-bond donors (Lipinski definition) is 1. The number of aryl methyl sites for hydroxylation is 1. The number of nitrogens with zero attached hydrogens (tertiary/aromatic N) is 3. The molecule has 0 aliphatic carbocycles. The van der Waals surface area contributed by atoms with Gasteiger partial charge in [-0.2, -0.15) is 0 Å². The molecule has 0 aliphatic heterocycles. The van der Waals surface area contributed by atoms with Crippen molar-refractivity contribution in [3.63, 3.8) is 0 Å². The predicted octanol–water partition coefficient (Wildman–Crippen LogP) is 1.45. The molecular formula is C9H8N4. The van der Waals surface area contributed by atoms with Crippen LogP contribution in [0.1, 0.15) is 0 Å². The molecule has 0 bridgehead atoms. The van der Waals surface area contributed by atoms with E-state index in [0.717, 1.165) is 22.1 Å². The van der Waals surface area contributed by atoms with Crippen molar-refractivity contribution in [3.8, 4) is 0 Å². The first-order valence-corrected chi connectivity index (χ1v) is 4.10. The van der Waals surface area contributed by atoms with E-state index in [4.69, 9.17) is 0 Å². The van der Waals surface area contributed by atoms with E-state index in [0.29, 0.717) is 0 Å². The van der Waals surface area contributed by atoms with E-state index in [1.807, 2.05) is 24.0 Å². The molecule has 3 rings (SSSR count). The number of nitrogens with one attached hydrogen (secondary N) is 1. The quantitative estimate of drug-likeness (QED) is 0.557. The minimum Gasteiger partial charge on any atom is -0.304 e. The lowest BCUT2D eigenvalue weighted by molar-refractivity contribution is 0.797. The summed E-state index contributed by atoms with van der Waals surface area (Å²) in [6.45, 7) is 0. The van der Waals surface area contributed by atoms with Gasteiger partial charge in [-0.05, 0) is 12.1 Å². The maximum atomic E-state index is 4.40. The van der Waals surface area contributed by atoms with E-state index in [9.17, 15) is 0 Å². The largest absolute Gasteiger partial charge is 0.304 e. The van der Waals surface area contributed by atoms with Crippen molar-refractivity contribution in [2.75, 3.05) is 0 Å². The van der Waals surface area contributed by atoms with Gasteiger partial charge in [0.25, 0.3) is 0 Å². The highest BCUT2D eigenvalue weighted by Gasteiger charge is 2.03. The monoisotopic (exact) mass is 172 g/mol. The summed E-state index contributed by atoms with van der Waals surface area (Å²) < 4.78 is 1.94. The molecule has 4 heteroatoms. The van der Waals surface area contributed by atoms with Gasteiger partial charge in [-0.1, -0.05) is 0 Å². The fourth-order valence-electron chi connectivity index (χ4n) is 1.54. The molecule has 1 N–H and O–H groups in total. The Hall–Kier alpha value is -1.84. The van der Waals surface area contributed by atoms with Crippen molar-refractivity contribution in [2.24, 2.45) is 7.05 Å². The Kier molecular flexibility index (Phi) is 1.07. The lowest BCUT2D eigenvalue weighted by Crippen LogP contribution is -1.88. The summed E-state index contributed by atoms with van der Waals surface area (Å²) in [5.74, 6) is 0. The van der Waals surface area contributed by atoms with Crippen molar-refractivity contribution >= 4 is 22.1 Å². The summed E-state index contributed by atoms with van der Waals surface area (Å²) in [6, 6.07) is 4.05. The Morgan fingerprint density at radius 1 is 1.46 bits per heavy atom. The Morgan fingerprint density at radius 2 is 2.38 bits per heavy atom. The van der Waals surface area contributed by atoms with Crippen LogP contribution in [0.5, 0.6) is 0 Å². The molecule has 3 heterocycles. The Bertz CT molecular complexity index is 575. The zero-order chi connectivity index (χ0) is 8.84. The third-order valence-electron chi connectivity index (χ3n) is 2.25. The maximum absolute atomic E-state index is 4.40. The average Bonchev–Trinajstić information content (AvgIpc) is 2.70. The van der Waals surface area contributed by atoms with Crippen LogP contribution in [0.4, 0.5) is 0 Å². The summed E-state index contributed by atoms with van der Waals surface area (Å²) in [5.41, 5.74) is 2.86. The number of rotatable bonds is 0. The smallest absolute Gasteiger partial charge is 0.160 e. The highest BCUT2D eigenvalue weighted by molar-refractivity contribution is 5.89. The molecule has 0 aromatic carbocycles. The van der Waals surface area contributed by atoms with Crippen LogP contribution in [0.15, 0.2) is 24.5 Å². The van der Waals surface area contributed by atoms with E-state index in [2.05, 4.69) is 21.1 Å². The van der Waals surface area contributed by atoms with Gasteiger partial charge in [0.1, 0.15) is 5.52 Å². The zero-order valence-electron chi connectivity index (χ0n) is 7.15. The summed E-state index contributed by atoms with van der Waals surface area (Å²) in [5, 5.41) is 4.15. The summed E-state index contributed by atoms with van der Waals surface area (Å²) in [6.07, 6.45) is 3.66. The lowest BCUT2D eigenvalue weighted by atomic mass is 10.3. The third kappa shape index (κ3) is 0.796. The Morgan fingerprint density at radius 3 is 3.31 bits per heavy atom. The van der Waals surface area contributed by atoms with Gasteiger partial charge < -0.3 is 5.10 Å². The summed E-state index contributed by atoms with van der Waals surface area (Å²) in [7, 11) is 1.96. The first-order chi connectivity index (χ1) is 6.34. The van der Waals surface area contributed by atoms with Gasteiger partial charge in [0.2, 0.25) is 0 Å². The zero-order valence-corrected chi connectivity index (χ0v) is 7.15. The van der Waals surface area contributed by atoms with Crippen molar-refractivity contribution in [1.29, 1.82) is 0 Å². The SMILES string of the molecule is Cn1[nH]cc2nc3nccc3cc21. The van der Waals surface area contributed by atoms with Crippen LogP contribution in [-0.2, 0) is 7.05 Å². The molecule has 4 nitrogen and oxygen atoms in total. The molecule has 0 unspecified atom stereocenters. The van der Waals surface area contributed by atoms with Gasteiger partial charge in [-0.15, -0.1) is 0 Å². The van der Waals surface area contributed by atoms with Gasteiger partial charge in [-0.3, -0.25) is 4.68 Å². The predicted molar refractivity (Wildman–Crippen MR) is 50.4 cm³/mol. The average molecular weight is 172 g/mol. The van der Waals surface area contributed by atoms with E-state index < -0.39 is 0 Å². The second kappa shape index (κ2) is 2.10. The maximum Gasteiger partial charge on any atom is 0.160 e. The third-order valence-corrected chi connectivity index (χ3v) is 2.25. The molecule has 0 aliphatic rings. The number of fused-ring (bicyclic) bond motifs is 2. The molecule has 0 saturated carbocycles. The molecule has 0 fully saturated rings. The molecule has 0 amide bonds. The standard InChI is InChI=1S/C9H8N4/c1-13-8-4-6-2-3-10-9(6)12-7(8)5-11-13/h2-5,11H,1H3. The highest BCUT2D eigenvalue weighted by atomic mass is 15.3. The van der Waals surface area contributed by atoms with Crippen molar-refractivity contribution in [3.05, 3.63) is 24.5 Å². The number of aromatic nitrogens is 4. The Labute approximate surface area is 74.2 Å². The molecule has 0 saturated heterocycles. The van der Waals surface area contributed by atoms with Crippen LogP contribution in [0.3, 0.4) is 0 Å². The molecular weight excluding hydrogens is 164 g/mol. The normalized spacial score (nSPS) is 11.5. The van der Waals surface area contributed by atoms with Gasteiger partial charge in [0, 0.05) is 24.8 Å². The van der Waals surface area contributed by atoms with E-state index >= 15 is 0 Å². The minimum absolute atomic E-state index is 0.812. The van der Waals surface area contributed by atoms with Gasteiger partial charge >= 0.3 is 0 Å². The first kappa shape index (κ1) is 6.65. The molecule has 13 heavy (non-hydrogen) atoms. The molecule has 0 spiro atoms. The highest BCUT2D eigenvalue weighted by Crippen LogP contribution is 2.17. The fraction of sp³-hybridized carbons (Fsp3) is 0.111. The van der Waals surface area contributed by atoms with Crippen LogP contribution in [0.2, 0.25) is 0 Å². The topological polar surface area (TPSA) is 46.5 Å². The van der Waals surface area contributed by atoms with Crippen molar-refractivity contribution in [1.82, 2.24) is 19.7 Å². The van der Waals surface area contributed by atoms with Crippen LogP contribution in [0, 0.1) is 0 Å². The minimum atomic E-state index is 0.812. The first-order valence-electron chi connectivity index (χ1n) is 4.10. The van der Waals surface area contributed by atoms with E-state index in [1.165, 1.54) is 0 Å². The second-order valence-electron chi connectivity index (χ2n) is 3.08. The molecule has 3 aromatic heterocycles.